The molecule has 4 N–H and O–H groups in total. The van der Waals surface area contributed by atoms with E-state index in [4.69, 9.17) is 34.7 Å². The molecule has 0 radical (unpaired) electrons. The third-order valence-corrected chi connectivity index (χ3v) is 3.67. The van der Waals surface area contributed by atoms with E-state index in [2.05, 4.69) is 4.99 Å². The Hall–Kier alpha value is -2.04. The number of nitrogens with zero attached hydrogens (tertiary/aromatic N) is 1. The minimum atomic E-state index is -0.486. The van der Waals surface area contributed by atoms with Crippen LogP contribution in [-0.2, 0) is 11.2 Å². The summed E-state index contributed by atoms with van der Waals surface area (Å²) in [6.45, 7) is 0. The van der Waals surface area contributed by atoms with Gasteiger partial charge in [-0.15, -0.1) is 0 Å². The zero-order valence-corrected chi connectivity index (χ0v) is 13.2. The molecule has 1 amide bonds. The number of carbonyl (C=O) groups is 1. The molecule has 0 fully saturated rings. The topological polar surface area (TPSA) is 81.5 Å². The van der Waals surface area contributed by atoms with Crippen LogP contribution in [0.4, 0.5) is 0 Å². The number of amides is 1. The van der Waals surface area contributed by atoms with Crippen LogP contribution in [0.25, 0.3) is 0 Å². The van der Waals surface area contributed by atoms with Gasteiger partial charge in [-0.05, 0) is 41.8 Å². The first-order valence-electron chi connectivity index (χ1n) is 6.59. The average Bonchev–Trinajstić information content (AvgIpc) is 2.47. The smallest absolute Gasteiger partial charge is 0.256 e. The molecule has 6 heteroatoms. The molecule has 22 heavy (non-hydrogen) atoms. The van der Waals surface area contributed by atoms with Crippen LogP contribution < -0.4 is 11.5 Å². The van der Waals surface area contributed by atoms with E-state index in [-0.39, 0.29) is 5.96 Å². The van der Waals surface area contributed by atoms with Crippen molar-refractivity contribution < 1.29 is 4.79 Å². The quantitative estimate of drug-likeness (QED) is 0.665. The Balaban J connectivity index is 2.32. The molecule has 0 saturated heterocycles. The Kier molecular flexibility index (Phi) is 5.41. The van der Waals surface area contributed by atoms with Gasteiger partial charge in [0.1, 0.15) is 0 Å². The molecule has 114 valence electrons. The lowest BCUT2D eigenvalue weighted by Gasteiger charge is -2.14. The molecular weight excluding hydrogens is 321 g/mol. The van der Waals surface area contributed by atoms with Gasteiger partial charge in [-0.25, -0.2) is 0 Å². The summed E-state index contributed by atoms with van der Waals surface area (Å²) in [5.41, 5.74) is 12.4. The van der Waals surface area contributed by atoms with Crippen molar-refractivity contribution in [2.24, 2.45) is 16.5 Å². The second kappa shape index (κ2) is 7.29. The number of rotatable bonds is 4. The van der Waals surface area contributed by atoms with Crippen molar-refractivity contribution >= 4 is 35.1 Å². The van der Waals surface area contributed by atoms with E-state index in [1.165, 1.54) is 0 Å². The van der Waals surface area contributed by atoms with E-state index in [9.17, 15) is 4.79 Å². The first-order valence-corrected chi connectivity index (χ1v) is 7.34. The molecular formula is C16H15Cl2N3O. The Morgan fingerprint density at radius 3 is 1.95 bits per heavy atom. The van der Waals surface area contributed by atoms with Gasteiger partial charge in [-0.1, -0.05) is 47.5 Å². The van der Waals surface area contributed by atoms with E-state index in [1.54, 1.807) is 36.4 Å². The van der Waals surface area contributed by atoms with Crippen molar-refractivity contribution in [1.29, 1.82) is 0 Å². The van der Waals surface area contributed by atoms with Gasteiger partial charge in [-0.2, -0.15) is 4.99 Å². The molecule has 4 nitrogen and oxygen atoms in total. The van der Waals surface area contributed by atoms with Gasteiger partial charge in [0.15, 0.2) is 5.96 Å². The molecule has 2 aromatic rings. The number of guanidine groups is 1. The Morgan fingerprint density at radius 1 is 0.955 bits per heavy atom. The molecule has 2 aromatic carbocycles. The molecule has 0 aromatic heterocycles. The van der Waals surface area contributed by atoms with Crippen molar-refractivity contribution in [2.45, 2.75) is 12.3 Å². The predicted octanol–water partition coefficient (Wildman–Crippen LogP) is 3.12. The third-order valence-electron chi connectivity index (χ3n) is 3.16. The summed E-state index contributed by atoms with van der Waals surface area (Å²) < 4.78 is 0. The maximum Gasteiger partial charge on any atom is 0.256 e. The molecule has 0 spiro atoms. The molecule has 0 bridgehead atoms. The summed E-state index contributed by atoms with van der Waals surface area (Å²) in [7, 11) is 0. The van der Waals surface area contributed by atoms with Crippen molar-refractivity contribution in [3.8, 4) is 0 Å². The normalized spacial score (nSPS) is 11.7. The number of halogens is 2. The summed E-state index contributed by atoms with van der Waals surface area (Å²) in [5, 5.41) is 1.24. The average molecular weight is 336 g/mol. The first-order chi connectivity index (χ1) is 10.5. The molecule has 0 aliphatic heterocycles. The minimum absolute atomic E-state index is 0.250. The maximum absolute atomic E-state index is 12.3. The largest absolute Gasteiger partial charge is 0.370 e. The lowest BCUT2D eigenvalue weighted by molar-refractivity contribution is -0.119. The van der Waals surface area contributed by atoms with Crippen molar-refractivity contribution in [2.75, 3.05) is 0 Å². The lowest BCUT2D eigenvalue weighted by Crippen LogP contribution is -2.26. The van der Waals surface area contributed by atoms with Gasteiger partial charge in [-0.3, -0.25) is 4.79 Å². The van der Waals surface area contributed by atoms with Crippen LogP contribution in [0.1, 0.15) is 17.0 Å². The Labute approximate surface area is 138 Å². The van der Waals surface area contributed by atoms with Crippen molar-refractivity contribution in [3.63, 3.8) is 0 Å². The Morgan fingerprint density at radius 2 is 1.45 bits per heavy atom. The standard InChI is InChI=1S/C16H15Cl2N3O/c17-12-5-1-10(2-6-12)9-14(15(22)21-16(19)20)11-3-7-13(18)8-4-11/h1-8,14H,9H2,(H4,19,20,21,22). The minimum Gasteiger partial charge on any atom is -0.370 e. The highest BCUT2D eigenvalue weighted by Crippen LogP contribution is 2.25. The fourth-order valence-corrected chi connectivity index (χ4v) is 2.36. The molecule has 0 saturated carbocycles. The highest BCUT2D eigenvalue weighted by atomic mass is 35.5. The summed E-state index contributed by atoms with van der Waals surface area (Å²) >= 11 is 11.8. The number of carbonyl (C=O) groups excluding carboxylic acids is 1. The number of hydrogen-bond acceptors (Lipinski definition) is 1. The molecule has 1 atom stereocenters. The summed E-state index contributed by atoms with van der Waals surface area (Å²) in [6.07, 6.45) is 0.467. The van der Waals surface area contributed by atoms with Gasteiger partial charge in [0, 0.05) is 10.0 Å². The van der Waals surface area contributed by atoms with Crippen LogP contribution in [0.5, 0.6) is 0 Å². The van der Waals surface area contributed by atoms with Crippen LogP contribution in [0.3, 0.4) is 0 Å². The third kappa shape index (κ3) is 4.48. The zero-order chi connectivity index (χ0) is 16.1. The SMILES string of the molecule is NC(N)=NC(=O)C(Cc1ccc(Cl)cc1)c1ccc(Cl)cc1. The van der Waals surface area contributed by atoms with Gasteiger partial charge in [0.2, 0.25) is 0 Å². The molecule has 0 heterocycles. The molecule has 2 rings (SSSR count). The van der Waals surface area contributed by atoms with Crippen molar-refractivity contribution in [1.82, 2.24) is 0 Å². The van der Waals surface area contributed by atoms with E-state index in [1.807, 2.05) is 12.1 Å². The summed E-state index contributed by atoms with van der Waals surface area (Å²) in [4.78, 5) is 16.0. The lowest BCUT2D eigenvalue weighted by atomic mass is 9.91. The Bertz CT molecular complexity index is 678. The second-order valence-corrected chi connectivity index (χ2v) is 5.68. The number of hydrogen-bond donors (Lipinski definition) is 2. The number of aliphatic imine (C=N–C) groups is 1. The number of nitrogens with two attached hydrogens (primary N) is 2. The van der Waals surface area contributed by atoms with Gasteiger partial charge in [0.25, 0.3) is 5.91 Å². The van der Waals surface area contributed by atoms with E-state index in [0.29, 0.717) is 16.5 Å². The number of benzene rings is 2. The van der Waals surface area contributed by atoms with Gasteiger partial charge < -0.3 is 11.5 Å². The van der Waals surface area contributed by atoms with Gasteiger partial charge >= 0.3 is 0 Å². The van der Waals surface area contributed by atoms with Crippen LogP contribution >= 0.6 is 23.2 Å². The highest BCUT2D eigenvalue weighted by molar-refractivity contribution is 6.30. The first kappa shape index (κ1) is 16.3. The van der Waals surface area contributed by atoms with Crippen LogP contribution in [-0.4, -0.2) is 11.9 Å². The van der Waals surface area contributed by atoms with Crippen LogP contribution in [0.15, 0.2) is 53.5 Å². The molecule has 1 unspecified atom stereocenters. The molecule has 0 aliphatic rings. The predicted molar refractivity (Wildman–Crippen MR) is 90.2 cm³/mol. The zero-order valence-electron chi connectivity index (χ0n) is 11.7. The monoisotopic (exact) mass is 335 g/mol. The van der Waals surface area contributed by atoms with Gasteiger partial charge in [0.05, 0.1) is 5.92 Å². The fourth-order valence-electron chi connectivity index (χ4n) is 2.10. The van der Waals surface area contributed by atoms with Crippen LogP contribution in [0.2, 0.25) is 10.0 Å². The summed E-state index contributed by atoms with van der Waals surface area (Å²) in [5.74, 6) is -1.13. The van der Waals surface area contributed by atoms with Crippen molar-refractivity contribution in [3.05, 3.63) is 69.7 Å². The van der Waals surface area contributed by atoms with E-state index >= 15 is 0 Å². The molecule has 0 aliphatic carbocycles. The second-order valence-electron chi connectivity index (χ2n) is 4.81. The maximum atomic E-state index is 12.3. The highest BCUT2D eigenvalue weighted by Gasteiger charge is 2.21. The summed E-state index contributed by atoms with van der Waals surface area (Å²) in [6, 6.07) is 14.3. The van der Waals surface area contributed by atoms with E-state index in [0.717, 1.165) is 11.1 Å². The van der Waals surface area contributed by atoms with Crippen LogP contribution in [0, 0.1) is 0 Å². The van der Waals surface area contributed by atoms with E-state index < -0.39 is 11.8 Å². The fraction of sp³-hybridized carbons (Fsp3) is 0.125.